The van der Waals surface area contributed by atoms with Crippen LogP contribution in [-0.4, -0.2) is 33.0 Å². The smallest absolute Gasteiger partial charge is 0.309 e. The summed E-state index contributed by atoms with van der Waals surface area (Å²) < 4.78 is 29.2. The highest BCUT2D eigenvalue weighted by Gasteiger charge is 2.44. The Kier molecular flexibility index (Phi) is 5.93. The summed E-state index contributed by atoms with van der Waals surface area (Å²) in [5, 5.41) is 0. The third kappa shape index (κ3) is 4.17. The van der Waals surface area contributed by atoms with Crippen molar-refractivity contribution in [3.05, 3.63) is 11.6 Å². The van der Waals surface area contributed by atoms with E-state index in [9.17, 15) is 13.2 Å². The fourth-order valence-electron chi connectivity index (χ4n) is 4.47. The lowest BCUT2D eigenvalue weighted by atomic mass is 9.60. The van der Waals surface area contributed by atoms with Gasteiger partial charge < -0.3 is 4.74 Å². The fourth-order valence-corrected chi connectivity index (χ4v) is 5.63. The van der Waals surface area contributed by atoms with Crippen LogP contribution in [0.2, 0.25) is 0 Å². The van der Waals surface area contributed by atoms with Gasteiger partial charge in [0, 0.05) is 5.75 Å². The highest BCUT2D eigenvalue weighted by Crippen LogP contribution is 2.48. The van der Waals surface area contributed by atoms with Crippen molar-refractivity contribution >= 4 is 15.8 Å². The molecule has 4 nitrogen and oxygen atoms in total. The monoisotopic (exact) mass is 342 g/mol. The summed E-state index contributed by atoms with van der Waals surface area (Å²) in [5.74, 6) is 0.696. The second kappa shape index (κ2) is 7.37. The molecule has 0 aromatic carbocycles. The molecule has 0 bridgehead atoms. The predicted octanol–water partition coefficient (Wildman–Crippen LogP) is 3.23. The van der Waals surface area contributed by atoms with E-state index >= 15 is 0 Å². The second-order valence-corrected chi connectivity index (χ2v) is 9.74. The van der Waals surface area contributed by atoms with Crippen molar-refractivity contribution in [3.8, 4) is 0 Å². The standard InChI is InChI=1S/C18H30O4S/c1-5-23(20,21)11-17(18(19)22-4)15-9-7-13(3)14-8-6-12(2)10-16(14)15/h10,13-17H,5-9,11H2,1-4H3/t13-,14+,15-,16+,17?/m1/s1. The van der Waals surface area contributed by atoms with Gasteiger partial charge in [-0.3, -0.25) is 4.79 Å². The fraction of sp³-hybridized carbons (Fsp3) is 0.833. The summed E-state index contributed by atoms with van der Waals surface area (Å²) in [5.41, 5.74) is 1.37. The number of hydrogen-bond acceptors (Lipinski definition) is 4. The van der Waals surface area contributed by atoms with Crippen LogP contribution in [0.4, 0.5) is 0 Å². The third-order valence-electron chi connectivity index (χ3n) is 5.92. The Balaban J connectivity index is 2.32. The minimum atomic E-state index is -3.21. The molecule has 2 rings (SSSR count). The lowest BCUT2D eigenvalue weighted by Gasteiger charge is -2.45. The molecule has 0 radical (unpaired) electrons. The molecule has 1 saturated carbocycles. The number of carbonyl (C=O) groups excluding carboxylic acids is 1. The first-order chi connectivity index (χ1) is 10.8. The van der Waals surface area contributed by atoms with E-state index in [4.69, 9.17) is 4.74 Å². The van der Waals surface area contributed by atoms with E-state index in [-0.39, 0.29) is 23.4 Å². The second-order valence-electron chi connectivity index (χ2n) is 7.34. The predicted molar refractivity (Wildman–Crippen MR) is 91.7 cm³/mol. The van der Waals surface area contributed by atoms with Gasteiger partial charge in [0.1, 0.15) is 0 Å². The van der Waals surface area contributed by atoms with Crippen LogP contribution in [-0.2, 0) is 19.4 Å². The van der Waals surface area contributed by atoms with Gasteiger partial charge in [0.25, 0.3) is 0 Å². The molecule has 0 amide bonds. The molecule has 0 N–H and O–H groups in total. The number of ether oxygens (including phenoxy) is 1. The first kappa shape index (κ1) is 18.5. The highest BCUT2D eigenvalue weighted by molar-refractivity contribution is 7.91. The third-order valence-corrected chi connectivity index (χ3v) is 7.66. The van der Waals surface area contributed by atoms with Crippen LogP contribution in [0, 0.1) is 29.6 Å². The van der Waals surface area contributed by atoms with Crippen LogP contribution in [0.1, 0.15) is 46.5 Å². The molecule has 0 aromatic rings. The number of methoxy groups -OCH3 is 1. The molecule has 23 heavy (non-hydrogen) atoms. The van der Waals surface area contributed by atoms with Gasteiger partial charge in [-0.25, -0.2) is 8.42 Å². The first-order valence-electron chi connectivity index (χ1n) is 8.74. The normalized spacial score (nSPS) is 32.6. The Morgan fingerprint density at radius 2 is 2.04 bits per heavy atom. The van der Waals surface area contributed by atoms with Gasteiger partial charge >= 0.3 is 5.97 Å². The maximum absolute atomic E-state index is 12.3. The summed E-state index contributed by atoms with van der Waals surface area (Å²) in [4.78, 5) is 12.3. The lowest BCUT2D eigenvalue weighted by molar-refractivity contribution is -0.148. The molecule has 0 heterocycles. The topological polar surface area (TPSA) is 60.4 Å². The van der Waals surface area contributed by atoms with Gasteiger partial charge in [-0.1, -0.05) is 31.9 Å². The van der Waals surface area contributed by atoms with Gasteiger partial charge in [-0.05, 0) is 49.9 Å². The van der Waals surface area contributed by atoms with Crippen LogP contribution in [0.5, 0.6) is 0 Å². The van der Waals surface area contributed by atoms with Gasteiger partial charge in [-0.2, -0.15) is 0 Å². The molecule has 1 unspecified atom stereocenters. The van der Waals surface area contributed by atoms with E-state index in [2.05, 4.69) is 19.9 Å². The number of rotatable bonds is 5. The Bertz CT molecular complexity index is 564. The van der Waals surface area contributed by atoms with Crippen molar-refractivity contribution in [1.29, 1.82) is 0 Å². The number of fused-ring (bicyclic) bond motifs is 1. The van der Waals surface area contributed by atoms with Gasteiger partial charge in [0.2, 0.25) is 0 Å². The maximum atomic E-state index is 12.3. The van der Waals surface area contributed by atoms with Gasteiger partial charge in [0.15, 0.2) is 9.84 Å². The molecule has 2 aliphatic carbocycles. The van der Waals surface area contributed by atoms with Crippen molar-refractivity contribution < 1.29 is 17.9 Å². The zero-order valence-electron chi connectivity index (χ0n) is 14.7. The highest BCUT2D eigenvalue weighted by atomic mass is 32.2. The number of allylic oxidation sites excluding steroid dienone is 2. The van der Waals surface area contributed by atoms with E-state index in [1.54, 1.807) is 6.92 Å². The van der Waals surface area contributed by atoms with Crippen LogP contribution in [0.15, 0.2) is 11.6 Å². The zero-order chi connectivity index (χ0) is 17.2. The Morgan fingerprint density at radius 1 is 1.35 bits per heavy atom. The summed E-state index contributed by atoms with van der Waals surface area (Å²) in [6.07, 6.45) is 6.56. The number of hydrogen-bond donors (Lipinski definition) is 0. The molecule has 5 heteroatoms. The quantitative estimate of drug-likeness (QED) is 0.568. The summed E-state index contributed by atoms with van der Waals surface area (Å²) in [7, 11) is -1.85. The first-order valence-corrected chi connectivity index (χ1v) is 10.6. The Labute approximate surface area is 140 Å². The SMILES string of the molecule is CCS(=O)(=O)CC(C(=O)OC)[C@@H]1CC[C@@H](C)[C@@H]2CCC(C)=C[C@@H]21. The van der Waals surface area contributed by atoms with Crippen LogP contribution in [0.3, 0.4) is 0 Å². The van der Waals surface area contributed by atoms with E-state index < -0.39 is 15.8 Å². The van der Waals surface area contributed by atoms with E-state index in [0.717, 1.165) is 25.7 Å². The molecular formula is C18H30O4S. The molecule has 1 fully saturated rings. The Hall–Kier alpha value is -0.840. The average Bonchev–Trinajstić information content (AvgIpc) is 2.52. The molecule has 0 saturated heterocycles. The van der Waals surface area contributed by atoms with Gasteiger partial charge in [-0.15, -0.1) is 0 Å². The summed E-state index contributed by atoms with van der Waals surface area (Å²) in [6.45, 7) is 6.07. The molecule has 0 aromatic heterocycles. The zero-order valence-corrected chi connectivity index (χ0v) is 15.6. The largest absolute Gasteiger partial charge is 0.469 e. The van der Waals surface area contributed by atoms with Crippen molar-refractivity contribution in [2.75, 3.05) is 18.6 Å². The number of esters is 1. The Morgan fingerprint density at radius 3 is 2.65 bits per heavy atom. The molecule has 0 aliphatic heterocycles. The molecular weight excluding hydrogens is 312 g/mol. The van der Waals surface area contributed by atoms with E-state index in [1.807, 2.05) is 0 Å². The van der Waals surface area contributed by atoms with E-state index in [1.165, 1.54) is 12.7 Å². The van der Waals surface area contributed by atoms with Crippen molar-refractivity contribution in [2.45, 2.75) is 46.5 Å². The molecule has 5 atom stereocenters. The summed E-state index contributed by atoms with van der Waals surface area (Å²) >= 11 is 0. The van der Waals surface area contributed by atoms with Crippen LogP contribution >= 0.6 is 0 Å². The minimum Gasteiger partial charge on any atom is -0.469 e. The van der Waals surface area contributed by atoms with Crippen molar-refractivity contribution in [3.63, 3.8) is 0 Å². The average molecular weight is 343 g/mol. The molecule has 132 valence electrons. The maximum Gasteiger partial charge on any atom is 0.309 e. The van der Waals surface area contributed by atoms with Crippen molar-refractivity contribution in [2.24, 2.45) is 29.6 Å². The molecule has 2 aliphatic rings. The molecule has 0 spiro atoms. The number of carbonyl (C=O) groups is 1. The van der Waals surface area contributed by atoms with Crippen molar-refractivity contribution in [1.82, 2.24) is 0 Å². The van der Waals surface area contributed by atoms with E-state index in [0.29, 0.717) is 17.8 Å². The van der Waals surface area contributed by atoms with Crippen LogP contribution < -0.4 is 0 Å². The minimum absolute atomic E-state index is 0.0760. The van der Waals surface area contributed by atoms with Crippen LogP contribution in [0.25, 0.3) is 0 Å². The summed E-state index contributed by atoms with van der Waals surface area (Å²) in [6, 6.07) is 0. The lowest BCUT2D eigenvalue weighted by Crippen LogP contribution is -2.43. The number of sulfone groups is 1. The van der Waals surface area contributed by atoms with Gasteiger partial charge in [0.05, 0.1) is 18.8 Å².